The average Bonchev–Trinajstić information content (AvgIpc) is 2.73. The number of nitrogens with zero attached hydrogens (tertiary/aromatic N) is 1. The minimum absolute atomic E-state index is 0.144. The second-order valence-electron chi connectivity index (χ2n) is 6.17. The Bertz CT molecular complexity index is 730. The molecule has 0 bridgehead atoms. The molecule has 0 radical (unpaired) electrons. The molecule has 1 aromatic heterocycles. The molecule has 1 aromatic carbocycles. The van der Waals surface area contributed by atoms with Crippen LogP contribution in [0.5, 0.6) is 17.4 Å². The lowest BCUT2D eigenvalue weighted by Gasteiger charge is -2.22. The first-order chi connectivity index (χ1) is 13.3. The van der Waals surface area contributed by atoms with Gasteiger partial charge in [0.1, 0.15) is 17.6 Å². The van der Waals surface area contributed by atoms with Crippen LogP contribution < -0.4 is 20.1 Å². The number of morpholine rings is 1. The number of rotatable bonds is 8. The van der Waals surface area contributed by atoms with Crippen molar-refractivity contribution in [1.29, 1.82) is 0 Å². The van der Waals surface area contributed by atoms with Crippen molar-refractivity contribution in [3.8, 4) is 17.4 Å². The van der Waals surface area contributed by atoms with Gasteiger partial charge in [-0.3, -0.25) is 4.79 Å². The Balaban J connectivity index is 1.59. The molecule has 1 atom stereocenters. The summed E-state index contributed by atoms with van der Waals surface area (Å²) in [6.07, 6.45) is 2.16. The largest absolute Gasteiger partial charge is 0.494 e. The zero-order valence-corrected chi connectivity index (χ0v) is 15.4. The van der Waals surface area contributed by atoms with Crippen molar-refractivity contribution in [3.63, 3.8) is 0 Å². The van der Waals surface area contributed by atoms with Gasteiger partial charge in [0.15, 0.2) is 0 Å². The molecular formula is C20H25N3O4. The summed E-state index contributed by atoms with van der Waals surface area (Å²) >= 11 is 0. The Labute approximate surface area is 159 Å². The molecule has 7 heteroatoms. The van der Waals surface area contributed by atoms with Gasteiger partial charge in [0, 0.05) is 31.4 Å². The Morgan fingerprint density at radius 2 is 2.11 bits per heavy atom. The van der Waals surface area contributed by atoms with Crippen molar-refractivity contribution in [2.75, 3.05) is 26.3 Å². The van der Waals surface area contributed by atoms with E-state index in [-0.39, 0.29) is 5.91 Å². The van der Waals surface area contributed by atoms with Gasteiger partial charge in [0.2, 0.25) is 5.88 Å². The maximum atomic E-state index is 12.2. The first-order valence-electron chi connectivity index (χ1n) is 9.21. The van der Waals surface area contributed by atoms with Gasteiger partial charge in [-0.05, 0) is 36.8 Å². The maximum Gasteiger partial charge on any atom is 0.250 e. The van der Waals surface area contributed by atoms with Gasteiger partial charge in [-0.1, -0.05) is 13.0 Å². The fourth-order valence-corrected chi connectivity index (χ4v) is 2.62. The molecule has 7 nitrogen and oxygen atoms in total. The van der Waals surface area contributed by atoms with Crippen molar-refractivity contribution in [2.45, 2.75) is 26.0 Å². The predicted octanol–water partition coefficient (Wildman–Crippen LogP) is 2.27. The molecular weight excluding hydrogens is 346 g/mol. The van der Waals surface area contributed by atoms with Crippen LogP contribution in [0.25, 0.3) is 0 Å². The lowest BCUT2D eigenvalue weighted by molar-refractivity contribution is -0.134. The molecule has 144 valence electrons. The SMILES string of the molecule is CCCOc1ccc(Oc2ncccc2CNC(=O)C2CNCCO2)cc1. The highest BCUT2D eigenvalue weighted by molar-refractivity contribution is 5.81. The number of hydrogen-bond donors (Lipinski definition) is 2. The smallest absolute Gasteiger partial charge is 0.250 e. The number of carbonyl (C=O) groups excluding carboxylic acids is 1. The fraction of sp³-hybridized carbons (Fsp3) is 0.400. The third kappa shape index (κ3) is 5.67. The van der Waals surface area contributed by atoms with Crippen LogP contribution in [0.15, 0.2) is 42.6 Å². The molecule has 1 saturated heterocycles. The molecule has 2 N–H and O–H groups in total. The summed E-state index contributed by atoms with van der Waals surface area (Å²) in [6.45, 7) is 4.90. The summed E-state index contributed by atoms with van der Waals surface area (Å²) in [5, 5.41) is 6.03. The van der Waals surface area contributed by atoms with E-state index in [0.29, 0.717) is 37.9 Å². The summed E-state index contributed by atoms with van der Waals surface area (Å²) in [7, 11) is 0. The molecule has 2 aromatic rings. The fourth-order valence-electron chi connectivity index (χ4n) is 2.62. The number of aromatic nitrogens is 1. The van der Waals surface area contributed by atoms with Gasteiger partial charge in [-0.25, -0.2) is 4.98 Å². The zero-order chi connectivity index (χ0) is 18.9. The second kappa shape index (κ2) is 9.89. The minimum Gasteiger partial charge on any atom is -0.494 e. The van der Waals surface area contributed by atoms with Crippen molar-refractivity contribution >= 4 is 5.91 Å². The lowest BCUT2D eigenvalue weighted by atomic mass is 10.2. The first-order valence-corrected chi connectivity index (χ1v) is 9.21. The van der Waals surface area contributed by atoms with Gasteiger partial charge in [-0.15, -0.1) is 0 Å². The Hall–Kier alpha value is -2.64. The van der Waals surface area contributed by atoms with E-state index >= 15 is 0 Å². The molecule has 27 heavy (non-hydrogen) atoms. The average molecular weight is 371 g/mol. The van der Waals surface area contributed by atoms with Gasteiger partial charge >= 0.3 is 0 Å². The highest BCUT2D eigenvalue weighted by Gasteiger charge is 2.21. The quantitative estimate of drug-likeness (QED) is 0.741. The number of benzene rings is 1. The normalized spacial score (nSPS) is 16.6. The highest BCUT2D eigenvalue weighted by atomic mass is 16.5. The van der Waals surface area contributed by atoms with Crippen molar-refractivity contribution in [1.82, 2.24) is 15.6 Å². The molecule has 1 fully saturated rings. The van der Waals surface area contributed by atoms with E-state index in [9.17, 15) is 4.79 Å². The number of carbonyl (C=O) groups is 1. The maximum absolute atomic E-state index is 12.2. The van der Waals surface area contributed by atoms with E-state index in [2.05, 4.69) is 22.5 Å². The summed E-state index contributed by atoms with van der Waals surface area (Å²) in [5.41, 5.74) is 0.793. The van der Waals surface area contributed by atoms with E-state index in [1.807, 2.05) is 36.4 Å². The predicted molar refractivity (Wildman–Crippen MR) is 101 cm³/mol. The second-order valence-corrected chi connectivity index (χ2v) is 6.17. The molecule has 1 unspecified atom stereocenters. The minimum atomic E-state index is -0.463. The van der Waals surface area contributed by atoms with E-state index in [1.54, 1.807) is 6.20 Å². The molecule has 1 aliphatic heterocycles. The van der Waals surface area contributed by atoms with E-state index in [1.165, 1.54) is 0 Å². The topological polar surface area (TPSA) is 81.7 Å². The molecule has 1 amide bonds. The number of amides is 1. The van der Waals surface area contributed by atoms with Gasteiger partial charge in [-0.2, -0.15) is 0 Å². The van der Waals surface area contributed by atoms with Crippen molar-refractivity contribution in [2.24, 2.45) is 0 Å². The number of hydrogen-bond acceptors (Lipinski definition) is 6. The molecule has 0 saturated carbocycles. The lowest BCUT2D eigenvalue weighted by Crippen LogP contribution is -2.47. The van der Waals surface area contributed by atoms with Crippen LogP contribution in [0.3, 0.4) is 0 Å². The Morgan fingerprint density at radius 3 is 2.85 bits per heavy atom. The van der Waals surface area contributed by atoms with Crippen LogP contribution >= 0.6 is 0 Å². The van der Waals surface area contributed by atoms with E-state index in [4.69, 9.17) is 14.2 Å². The highest BCUT2D eigenvalue weighted by Crippen LogP contribution is 2.25. The van der Waals surface area contributed by atoms with Crippen LogP contribution in [0, 0.1) is 0 Å². The van der Waals surface area contributed by atoms with Crippen LogP contribution in [0.4, 0.5) is 0 Å². The Morgan fingerprint density at radius 1 is 1.30 bits per heavy atom. The third-order valence-corrected chi connectivity index (χ3v) is 4.03. The molecule has 1 aliphatic rings. The van der Waals surface area contributed by atoms with E-state index < -0.39 is 6.10 Å². The molecule has 0 spiro atoms. The van der Waals surface area contributed by atoms with Gasteiger partial charge < -0.3 is 24.8 Å². The summed E-state index contributed by atoms with van der Waals surface area (Å²) in [4.78, 5) is 16.5. The Kier molecular flexibility index (Phi) is 7.01. The zero-order valence-electron chi connectivity index (χ0n) is 15.4. The first kappa shape index (κ1) is 19.1. The molecule has 2 heterocycles. The standard InChI is InChI=1S/C20H25N3O4/c1-2-11-25-16-5-7-17(8-6-16)27-20-15(4-3-9-22-20)13-23-19(24)18-14-21-10-12-26-18/h3-9,18,21H,2,10-14H2,1H3,(H,23,24). The van der Waals surface area contributed by atoms with Gasteiger partial charge in [0.05, 0.1) is 13.2 Å². The monoisotopic (exact) mass is 371 g/mol. The summed E-state index contributed by atoms with van der Waals surface area (Å²) in [5.74, 6) is 1.78. The summed E-state index contributed by atoms with van der Waals surface area (Å²) in [6, 6.07) is 11.1. The third-order valence-electron chi connectivity index (χ3n) is 4.03. The molecule has 0 aliphatic carbocycles. The van der Waals surface area contributed by atoms with Crippen LogP contribution in [-0.4, -0.2) is 43.3 Å². The van der Waals surface area contributed by atoms with Crippen LogP contribution in [0.2, 0.25) is 0 Å². The summed E-state index contributed by atoms with van der Waals surface area (Å²) < 4.78 is 16.9. The van der Waals surface area contributed by atoms with Crippen molar-refractivity contribution < 1.29 is 19.0 Å². The van der Waals surface area contributed by atoms with Crippen LogP contribution in [0.1, 0.15) is 18.9 Å². The van der Waals surface area contributed by atoms with E-state index in [0.717, 1.165) is 24.3 Å². The number of ether oxygens (including phenoxy) is 3. The number of pyridine rings is 1. The molecule has 3 rings (SSSR count). The number of nitrogens with one attached hydrogen (secondary N) is 2. The van der Waals surface area contributed by atoms with Crippen LogP contribution in [-0.2, 0) is 16.1 Å². The van der Waals surface area contributed by atoms with Gasteiger partial charge in [0.25, 0.3) is 5.91 Å². The van der Waals surface area contributed by atoms with Crippen molar-refractivity contribution in [3.05, 3.63) is 48.2 Å².